The Morgan fingerprint density at radius 2 is 1.81 bits per heavy atom. The van der Waals surface area contributed by atoms with Crippen LogP contribution in [0.25, 0.3) is 0 Å². The zero-order chi connectivity index (χ0) is 19.7. The van der Waals surface area contributed by atoms with E-state index in [1.807, 2.05) is 0 Å². The molecule has 0 saturated heterocycles. The number of Topliss-reactive ketones (excluding diaryl/α,β-unsaturated/α-hetero) is 1. The van der Waals surface area contributed by atoms with Crippen molar-refractivity contribution in [2.24, 2.45) is 5.41 Å². The molecule has 0 radical (unpaired) electrons. The van der Waals surface area contributed by atoms with E-state index >= 15 is 0 Å². The molecule has 0 aromatic heterocycles. The second-order valence-electron chi connectivity index (χ2n) is 9.38. The third kappa shape index (κ3) is 4.43. The molecule has 0 bridgehead atoms. The Bertz CT molecular complexity index is 793. The highest BCUT2D eigenvalue weighted by atomic mass is 16.1. The van der Waals surface area contributed by atoms with Gasteiger partial charge < -0.3 is 4.90 Å². The molecule has 1 aromatic rings. The molecule has 1 heterocycles. The predicted octanol–water partition coefficient (Wildman–Crippen LogP) is 6.21. The van der Waals surface area contributed by atoms with Gasteiger partial charge in [0.1, 0.15) is 0 Å². The smallest absolute Gasteiger partial charge is 0.165 e. The molecule has 1 aliphatic carbocycles. The first-order chi connectivity index (χ1) is 12.7. The van der Waals surface area contributed by atoms with Crippen molar-refractivity contribution in [1.82, 2.24) is 4.90 Å². The van der Waals surface area contributed by atoms with Gasteiger partial charge in [-0.15, -0.1) is 0 Å². The fraction of sp³-hybridized carbons (Fsp3) is 0.480. The molecule has 2 aliphatic rings. The Kier molecular flexibility index (Phi) is 5.46. The molecule has 3 rings (SSSR count). The molecule has 27 heavy (non-hydrogen) atoms. The van der Waals surface area contributed by atoms with Gasteiger partial charge in [0.25, 0.3) is 0 Å². The first-order valence-corrected chi connectivity index (χ1v) is 10.1. The Morgan fingerprint density at radius 1 is 1.11 bits per heavy atom. The van der Waals surface area contributed by atoms with Crippen LogP contribution in [0.4, 0.5) is 0 Å². The lowest BCUT2D eigenvalue weighted by molar-refractivity contribution is -0.118. The summed E-state index contributed by atoms with van der Waals surface area (Å²) in [5.74, 6) is 0.293. The Hall–Kier alpha value is -2.09. The van der Waals surface area contributed by atoms with E-state index in [0.717, 1.165) is 31.4 Å². The van der Waals surface area contributed by atoms with Crippen LogP contribution < -0.4 is 0 Å². The maximum atomic E-state index is 12.8. The minimum absolute atomic E-state index is 0.0247. The average molecular weight is 364 g/mol. The Morgan fingerprint density at radius 3 is 2.48 bits per heavy atom. The van der Waals surface area contributed by atoms with Crippen LogP contribution in [0.3, 0.4) is 0 Å². The predicted molar refractivity (Wildman–Crippen MR) is 113 cm³/mol. The zero-order valence-electron chi connectivity index (χ0n) is 17.5. The van der Waals surface area contributed by atoms with Gasteiger partial charge in [0.2, 0.25) is 0 Å². The maximum Gasteiger partial charge on any atom is 0.165 e. The minimum Gasteiger partial charge on any atom is -0.361 e. The van der Waals surface area contributed by atoms with Crippen LogP contribution in [-0.4, -0.2) is 16.2 Å². The van der Waals surface area contributed by atoms with Crippen LogP contribution >= 0.6 is 0 Å². The lowest BCUT2D eigenvalue weighted by Gasteiger charge is -2.49. The standard InChI is InChI=1S/C25H33NO/c1-19(2)10-9-14-25(5)15-13-21-22(16-24(3,4)17-23(21)27)26(25)18-20-11-7-6-8-12-20/h6-8,10-13,15H,9,14,16-18H2,1-5H3. The van der Waals surface area contributed by atoms with E-state index in [0.29, 0.717) is 12.2 Å². The van der Waals surface area contributed by atoms with Crippen LogP contribution in [-0.2, 0) is 11.3 Å². The van der Waals surface area contributed by atoms with E-state index in [1.54, 1.807) is 0 Å². The molecule has 0 spiro atoms. The SMILES string of the molecule is CC(C)=CCCC1(C)C=CC2=C(CC(C)(C)CC2=O)N1Cc1ccccc1. The quantitative estimate of drug-likeness (QED) is 0.580. The first-order valence-electron chi connectivity index (χ1n) is 10.1. The van der Waals surface area contributed by atoms with Crippen LogP contribution in [0.1, 0.15) is 65.9 Å². The lowest BCUT2D eigenvalue weighted by atomic mass is 9.72. The third-order valence-electron chi connectivity index (χ3n) is 5.83. The van der Waals surface area contributed by atoms with Gasteiger partial charge in [0.05, 0.1) is 5.54 Å². The zero-order valence-corrected chi connectivity index (χ0v) is 17.5. The largest absolute Gasteiger partial charge is 0.361 e. The van der Waals surface area contributed by atoms with E-state index in [9.17, 15) is 4.79 Å². The second-order valence-corrected chi connectivity index (χ2v) is 9.38. The molecule has 1 aliphatic heterocycles. The molecular weight excluding hydrogens is 330 g/mol. The van der Waals surface area contributed by atoms with Crippen LogP contribution in [0.5, 0.6) is 0 Å². The van der Waals surface area contributed by atoms with Crippen LogP contribution in [0, 0.1) is 5.41 Å². The van der Waals surface area contributed by atoms with Gasteiger partial charge in [-0.1, -0.05) is 68.0 Å². The highest BCUT2D eigenvalue weighted by molar-refractivity contribution is 6.00. The van der Waals surface area contributed by atoms with E-state index in [1.165, 1.54) is 16.8 Å². The number of rotatable bonds is 5. The molecule has 2 heteroatoms. The summed E-state index contributed by atoms with van der Waals surface area (Å²) in [5, 5.41) is 0. The average Bonchev–Trinajstić information content (AvgIpc) is 2.57. The fourth-order valence-electron chi connectivity index (χ4n) is 4.31. The van der Waals surface area contributed by atoms with Gasteiger partial charge in [-0.05, 0) is 51.0 Å². The molecule has 0 N–H and O–H groups in total. The van der Waals surface area contributed by atoms with Gasteiger partial charge in [-0.25, -0.2) is 0 Å². The van der Waals surface area contributed by atoms with Gasteiger partial charge in [-0.2, -0.15) is 0 Å². The third-order valence-corrected chi connectivity index (χ3v) is 5.83. The number of carbonyl (C=O) groups excluding carboxylic acids is 1. The van der Waals surface area contributed by atoms with Gasteiger partial charge in [0.15, 0.2) is 5.78 Å². The number of benzene rings is 1. The highest BCUT2D eigenvalue weighted by Crippen LogP contribution is 2.45. The van der Waals surface area contributed by atoms with Gasteiger partial charge >= 0.3 is 0 Å². The van der Waals surface area contributed by atoms with Crippen molar-refractivity contribution in [2.75, 3.05) is 0 Å². The summed E-state index contributed by atoms with van der Waals surface area (Å²) in [5.41, 5.74) is 4.78. The van der Waals surface area contributed by atoms with Gasteiger partial charge in [-0.3, -0.25) is 4.79 Å². The fourth-order valence-corrected chi connectivity index (χ4v) is 4.31. The van der Waals surface area contributed by atoms with Crippen molar-refractivity contribution in [1.29, 1.82) is 0 Å². The molecule has 0 amide bonds. The number of hydrogen-bond donors (Lipinski definition) is 0. The normalized spacial score (nSPS) is 24.0. The Labute approximate surface area is 164 Å². The lowest BCUT2D eigenvalue weighted by Crippen LogP contribution is -2.48. The van der Waals surface area contributed by atoms with Crippen LogP contribution in [0.2, 0.25) is 0 Å². The summed E-state index contributed by atoms with van der Waals surface area (Å²) < 4.78 is 0. The van der Waals surface area contributed by atoms with E-state index in [4.69, 9.17) is 0 Å². The van der Waals surface area contributed by atoms with Crippen molar-refractivity contribution in [3.63, 3.8) is 0 Å². The summed E-state index contributed by atoms with van der Waals surface area (Å²) in [7, 11) is 0. The number of hydrogen-bond acceptors (Lipinski definition) is 2. The summed E-state index contributed by atoms with van der Waals surface area (Å²) >= 11 is 0. The van der Waals surface area contributed by atoms with Crippen molar-refractivity contribution in [3.05, 3.63) is 71.0 Å². The number of nitrogens with zero attached hydrogens (tertiary/aromatic N) is 1. The van der Waals surface area contributed by atoms with Gasteiger partial charge in [0, 0.05) is 24.2 Å². The van der Waals surface area contributed by atoms with Crippen molar-refractivity contribution in [2.45, 2.75) is 72.4 Å². The van der Waals surface area contributed by atoms with Crippen molar-refractivity contribution < 1.29 is 4.79 Å². The molecule has 1 atom stereocenters. The second kappa shape index (κ2) is 7.50. The number of carbonyl (C=O) groups is 1. The summed E-state index contributed by atoms with van der Waals surface area (Å²) in [6.07, 6.45) is 10.4. The summed E-state index contributed by atoms with van der Waals surface area (Å²) in [6.45, 7) is 11.9. The molecule has 144 valence electrons. The maximum absolute atomic E-state index is 12.8. The van der Waals surface area contributed by atoms with E-state index < -0.39 is 0 Å². The Balaban J connectivity index is 1.98. The molecule has 2 nitrogen and oxygen atoms in total. The van der Waals surface area contributed by atoms with Crippen molar-refractivity contribution in [3.8, 4) is 0 Å². The summed E-state index contributed by atoms with van der Waals surface area (Å²) in [6, 6.07) is 10.6. The molecule has 1 aromatic carbocycles. The number of allylic oxidation sites excluding steroid dienone is 5. The van der Waals surface area contributed by atoms with E-state index in [-0.39, 0.29) is 11.0 Å². The molecule has 1 unspecified atom stereocenters. The first kappa shape index (κ1) is 19.7. The summed E-state index contributed by atoms with van der Waals surface area (Å²) in [4.78, 5) is 15.3. The molecular formula is C25H33NO. The monoisotopic (exact) mass is 363 g/mol. The molecule has 0 fully saturated rings. The van der Waals surface area contributed by atoms with E-state index in [2.05, 4.69) is 88.1 Å². The highest BCUT2D eigenvalue weighted by Gasteiger charge is 2.41. The topological polar surface area (TPSA) is 20.3 Å². The number of ketones is 1. The van der Waals surface area contributed by atoms with Crippen molar-refractivity contribution >= 4 is 5.78 Å². The molecule has 0 saturated carbocycles. The van der Waals surface area contributed by atoms with Crippen LogP contribution in [0.15, 0.2) is 65.4 Å². The minimum atomic E-state index is -0.0751.